The topological polar surface area (TPSA) is 83.5 Å². The summed E-state index contributed by atoms with van der Waals surface area (Å²) in [6.07, 6.45) is 1.29. The lowest BCUT2D eigenvalue weighted by Crippen LogP contribution is -2.50. The minimum absolute atomic E-state index is 0.0276. The van der Waals surface area contributed by atoms with Crippen molar-refractivity contribution in [3.8, 4) is 0 Å². The molecule has 0 fully saturated rings. The van der Waals surface area contributed by atoms with Crippen LogP contribution in [0.3, 0.4) is 0 Å². The molecule has 5 nitrogen and oxygen atoms in total. The van der Waals surface area contributed by atoms with Crippen molar-refractivity contribution in [1.29, 1.82) is 0 Å². The predicted octanol–water partition coefficient (Wildman–Crippen LogP) is 0.569. The molecule has 0 saturated carbocycles. The number of rotatable bonds is 6. The van der Waals surface area contributed by atoms with Gasteiger partial charge < -0.3 is 5.11 Å². The zero-order chi connectivity index (χ0) is 11.4. The first-order valence-electron chi connectivity index (χ1n) is 4.46. The highest BCUT2D eigenvalue weighted by Crippen LogP contribution is 2.05. The lowest BCUT2D eigenvalue weighted by Gasteiger charge is -2.20. The third-order valence-electron chi connectivity index (χ3n) is 1.71. The van der Waals surface area contributed by atoms with E-state index in [2.05, 4.69) is 4.72 Å². The highest BCUT2D eigenvalue weighted by Gasteiger charge is 2.31. The van der Waals surface area contributed by atoms with Crippen LogP contribution in [0, 0.1) is 0 Å². The lowest BCUT2D eigenvalue weighted by molar-refractivity contribution is -0.142. The van der Waals surface area contributed by atoms with Gasteiger partial charge >= 0.3 is 5.97 Å². The van der Waals surface area contributed by atoms with Gasteiger partial charge in [-0.1, -0.05) is 13.3 Å². The fourth-order valence-corrected chi connectivity index (χ4v) is 2.45. The molecule has 0 bridgehead atoms. The van der Waals surface area contributed by atoms with Crippen LogP contribution >= 0.6 is 0 Å². The third kappa shape index (κ3) is 4.57. The molecule has 0 saturated heterocycles. The molecule has 6 heteroatoms. The van der Waals surface area contributed by atoms with Crippen LogP contribution < -0.4 is 4.72 Å². The van der Waals surface area contributed by atoms with Gasteiger partial charge in [-0.2, -0.15) is 4.72 Å². The van der Waals surface area contributed by atoms with Gasteiger partial charge in [0.05, 0.1) is 5.75 Å². The zero-order valence-corrected chi connectivity index (χ0v) is 9.52. The number of sulfonamides is 1. The summed E-state index contributed by atoms with van der Waals surface area (Å²) in [6.45, 7) is 4.51. The van der Waals surface area contributed by atoms with Gasteiger partial charge in [-0.3, -0.25) is 4.79 Å². The van der Waals surface area contributed by atoms with Crippen molar-refractivity contribution in [1.82, 2.24) is 4.72 Å². The van der Waals surface area contributed by atoms with Gasteiger partial charge in [0.2, 0.25) is 10.0 Å². The van der Waals surface area contributed by atoms with E-state index < -0.39 is 21.5 Å². The number of carbonyl (C=O) groups is 1. The molecule has 84 valence electrons. The average Bonchev–Trinajstić information content (AvgIpc) is 1.99. The van der Waals surface area contributed by atoms with Crippen molar-refractivity contribution < 1.29 is 18.3 Å². The molecule has 0 atom stereocenters. The van der Waals surface area contributed by atoms with Gasteiger partial charge in [0.15, 0.2) is 0 Å². The summed E-state index contributed by atoms with van der Waals surface area (Å²) < 4.78 is 24.8. The number of carboxylic acids is 1. The monoisotopic (exact) mass is 223 g/mol. The van der Waals surface area contributed by atoms with Crippen LogP contribution in [0.2, 0.25) is 0 Å². The Hall–Kier alpha value is -0.620. The maximum atomic E-state index is 11.3. The quantitative estimate of drug-likeness (QED) is 0.689. The molecule has 0 aliphatic heterocycles. The Morgan fingerprint density at radius 2 is 1.93 bits per heavy atom. The van der Waals surface area contributed by atoms with E-state index in [1.165, 1.54) is 13.8 Å². The summed E-state index contributed by atoms with van der Waals surface area (Å²) in [5.74, 6) is -1.21. The number of hydrogen-bond acceptors (Lipinski definition) is 3. The summed E-state index contributed by atoms with van der Waals surface area (Å²) in [5.41, 5.74) is -1.44. The van der Waals surface area contributed by atoms with Crippen LogP contribution in [0.4, 0.5) is 0 Å². The van der Waals surface area contributed by atoms with E-state index in [4.69, 9.17) is 5.11 Å². The smallest absolute Gasteiger partial charge is 0.324 e. The largest absolute Gasteiger partial charge is 0.480 e. The Kier molecular flexibility index (Phi) is 4.54. The fourth-order valence-electron chi connectivity index (χ4n) is 0.818. The fraction of sp³-hybridized carbons (Fsp3) is 0.875. The van der Waals surface area contributed by atoms with Crippen LogP contribution in [0.15, 0.2) is 0 Å². The normalized spacial score (nSPS) is 12.8. The summed E-state index contributed by atoms with van der Waals surface area (Å²) in [6, 6.07) is 0. The Morgan fingerprint density at radius 1 is 1.43 bits per heavy atom. The van der Waals surface area contributed by atoms with Crippen molar-refractivity contribution in [2.75, 3.05) is 5.75 Å². The van der Waals surface area contributed by atoms with Crippen molar-refractivity contribution in [3.05, 3.63) is 0 Å². The second-order valence-electron chi connectivity index (χ2n) is 3.70. The number of aliphatic carboxylic acids is 1. The van der Waals surface area contributed by atoms with Gasteiger partial charge in [0, 0.05) is 0 Å². The van der Waals surface area contributed by atoms with Crippen LogP contribution in [-0.2, 0) is 14.8 Å². The highest BCUT2D eigenvalue weighted by molar-refractivity contribution is 7.89. The second-order valence-corrected chi connectivity index (χ2v) is 5.55. The van der Waals surface area contributed by atoms with Gasteiger partial charge in [-0.15, -0.1) is 0 Å². The van der Waals surface area contributed by atoms with Crippen LogP contribution in [0.25, 0.3) is 0 Å². The van der Waals surface area contributed by atoms with Gasteiger partial charge in [-0.05, 0) is 20.3 Å². The number of carboxylic acid groups (broad SMARTS) is 1. The molecule has 0 amide bonds. The van der Waals surface area contributed by atoms with E-state index in [0.717, 1.165) is 6.42 Å². The molecule has 0 aliphatic carbocycles. The first kappa shape index (κ1) is 13.4. The Balaban J connectivity index is 4.43. The van der Waals surface area contributed by atoms with Crippen molar-refractivity contribution in [2.24, 2.45) is 0 Å². The van der Waals surface area contributed by atoms with E-state index >= 15 is 0 Å². The molecule has 0 radical (unpaired) electrons. The van der Waals surface area contributed by atoms with E-state index in [9.17, 15) is 13.2 Å². The average molecular weight is 223 g/mol. The first-order chi connectivity index (χ1) is 6.21. The lowest BCUT2D eigenvalue weighted by atomic mass is 10.1. The summed E-state index contributed by atoms with van der Waals surface area (Å²) >= 11 is 0. The molecule has 0 spiro atoms. The SMILES string of the molecule is CCCCS(=O)(=O)NC(C)(C)C(=O)O. The Bertz CT molecular complexity index is 294. The molecule has 0 aromatic carbocycles. The minimum Gasteiger partial charge on any atom is -0.480 e. The van der Waals surface area contributed by atoms with Crippen LogP contribution in [0.5, 0.6) is 0 Å². The highest BCUT2D eigenvalue weighted by atomic mass is 32.2. The summed E-state index contributed by atoms with van der Waals surface area (Å²) in [4.78, 5) is 10.6. The molecule has 0 aromatic heterocycles. The summed E-state index contributed by atoms with van der Waals surface area (Å²) in [7, 11) is -3.48. The molecule has 0 aromatic rings. The van der Waals surface area contributed by atoms with Gasteiger partial charge in [0.1, 0.15) is 5.54 Å². The predicted molar refractivity (Wildman–Crippen MR) is 53.5 cm³/mol. The van der Waals surface area contributed by atoms with Crippen molar-refractivity contribution >= 4 is 16.0 Å². The van der Waals surface area contributed by atoms with E-state index in [0.29, 0.717) is 6.42 Å². The number of unbranched alkanes of at least 4 members (excludes halogenated alkanes) is 1. The molecular formula is C8H17NO4S. The molecule has 0 aliphatic rings. The first-order valence-corrected chi connectivity index (χ1v) is 6.11. The zero-order valence-electron chi connectivity index (χ0n) is 8.70. The van der Waals surface area contributed by atoms with Crippen LogP contribution in [0.1, 0.15) is 33.6 Å². The van der Waals surface area contributed by atoms with Crippen molar-refractivity contribution in [2.45, 2.75) is 39.2 Å². The summed E-state index contributed by atoms with van der Waals surface area (Å²) in [5, 5.41) is 8.70. The van der Waals surface area contributed by atoms with E-state index in [-0.39, 0.29) is 5.75 Å². The molecule has 0 heterocycles. The Labute approximate surface area is 84.6 Å². The number of hydrogen-bond donors (Lipinski definition) is 2. The van der Waals surface area contributed by atoms with E-state index in [1.54, 1.807) is 0 Å². The van der Waals surface area contributed by atoms with E-state index in [1.807, 2.05) is 6.92 Å². The molecule has 14 heavy (non-hydrogen) atoms. The third-order valence-corrected chi connectivity index (χ3v) is 3.36. The minimum atomic E-state index is -3.48. The number of nitrogens with one attached hydrogen (secondary N) is 1. The van der Waals surface area contributed by atoms with Crippen molar-refractivity contribution in [3.63, 3.8) is 0 Å². The Morgan fingerprint density at radius 3 is 2.29 bits per heavy atom. The van der Waals surface area contributed by atoms with Crippen LogP contribution in [-0.4, -0.2) is 30.8 Å². The maximum Gasteiger partial charge on any atom is 0.324 e. The molecule has 0 unspecified atom stereocenters. The molecule has 2 N–H and O–H groups in total. The van der Waals surface area contributed by atoms with Gasteiger partial charge in [-0.25, -0.2) is 8.42 Å². The molecular weight excluding hydrogens is 206 g/mol. The second kappa shape index (κ2) is 4.75. The van der Waals surface area contributed by atoms with Gasteiger partial charge in [0.25, 0.3) is 0 Å². The standard InChI is InChI=1S/C8H17NO4S/c1-4-5-6-14(12,13)9-8(2,3)7(10)11/h9H,4-6H2,1-3H3,(H,10,11). The molecule has 0 rings (SSSR count). The maximum absolute atomic E-state index is 11.3.